The highest BCUT2D eigenvalue weighted by Gasteiger charge is 2.21. The third-order valence-corrected chi connectivity index (χ3v) is 2.11. The lowest BCUT2D eigenvalue weighted by atomic mass is 9.96. The smallest absolute Gasteiger partial charge is 0.0992 e. The monoisotopic (exact) mass is 215 g/mol. The lowest BCUT2D eigenvalue weighted by Crippen LogP contribution is -2.35. The Kier molecular flexibility index (Phi) is 5.77. The molecule has 14 heavy (non-hydrogen) atoms. The summed E-state index contributed by atoms with van der Waals surface area (Å²) in [4.78, 5) is 0. The zero-order valence-corrected chi connectivity index (χ0v) is 9.47. The quantitative estimate of drug-likeness (QED) is 0.805. The lowest BCUT2D eigenvalue weighted by molar-refractivity contribution is 0.0576. The van der Waals surface area contributed by atoms with Crippen LogP contribution in [-0.4, -0.2) is 18.2 Å². The number of rotatable bonds is 4. The fourth-order valence-corrected chi connectivity index (χ4v) is 1.27. The minimum absolute atomic E-state index is 0. The number of hydrogen-bond acceptors (Lipinski definition) is 2. The van der Waals surface area contributed by atoms with E-state index in [1.165, 1.54) is 0 Å². The molecule has 0 aliphatic rings. The fraction of sp³-hybridized carbons (Fsp3) is 0.455. The maximum absolute atomic E-state index is 10.1. The number of aliphatic hydroxyl groups is 1. The van der Waals surface area contributed by atoms with Gasteiger partial charge in [-0.1, -0.05) is 37.3 Å². The van der Waals surface area contributed by atoms with Gasteiger partial charge in [0.05, 0.1) is 5.60 Å². The van der Waals surface area contributed by atoms with Crippen molar-refractivity contribution in [3.63, 3.8) is 0 Å². The number of benzene rings is 1. The first-order valence-corrected chi connectivity index (χ1v) is 4.65. The predicted molar refractivity (Wildman–Crippen MR) is 61.8 cm³/mol. The van der Waals surface area contributed by atoms with Crippen molar-refractivity contribution in [1.82, 2.24) is 5.32 Å². The van der Waals surface area contributed by atoms with E-state index in [0.717, 1.165) is 12.1 Å². The van der Waals surface area contributed by atoms with Gasteiger partial charge in [0.1, 0.15) is 0 Å². The SMILES string of the molecule is CCNC[C@](C)(O)c1ccccc1.Cl. The molecule has 0 fully saturated rings. The number of hydrogen-bond donors (Lipinski definition) is 2. The molecule has 0 spiro atoms. The van der Waals surface area contributed by atoms with Crippen LogP contribution in [0.25, 0.3) is 0 Å². The molecule has 0 amide bonds. The Bertz CT molecular complexity index is 249. The minimum Gasteiger partial charge on any atom is -0.384 e. The van der Waals surface area contributed by atoms with Crippen LogP contribution in [0.4, 0.5) is 0 Å². The first-order valence-electron chi connectivity index (χ1n) is 4.65. The Morgan fingerprint density at radius 2 is 1.86 bits per heavy atom. The molecule has 1 aromatic rings. The van der Waals surface area contributed by atoms with Crippen molar-refractivity contribution in [2.24, 2.45) is 0 Å². The zero-order chi connectivity index (χ0) is 9.73. The number of nitrogens with one attached hydrogen (secondary N) is 1. The van der Waals surface area contributed by atoms with Crippen molar-refractivity contribution in [2.45, 2.75) is 19.4 Å². The highest BCUT2D eigenvalue weighted by molar-refractivity contribution is 5.85. The van der Waals surface area contributed by atoms with Crippen molar-refractivity contribution in [2.75, 3.05) is 13.1 Å². The summed E-state index contributed by atoms with van der Waals surface area (Å²) < 4.78 is 0. The van der Waals surface area contributed by atoms with Crippen LogP contribution in [0, 0.1) is 0 Å². The summed E-state index contributed by atoms with van der Waals surface area (Å²) in [6.07, 6.45) is 0. The largest absolute Gasteiger partial charge is 0.384 e. The van der Waals surface area contributed by atoms with E-state index in [4.69, 9.17) is 0 Å². The van der Waals surface area contributed by atoms with E-state index in [-0.39, 0.29) is 12.4 Å². The van der Waals surface area contributed by atoms with Gasteiger partial charge in [0, 0.05) is 6.54 Å². The van der Waals surface area contributed by atoms with Crippen molar-refractivity contribution >= 4 is 12.4 Å². The summed E-state index contributed by atoms with van der Waals surface area (Å²) >= 11 is 0. The van der Waals surface area contributed by atoms with Gasteiger partial charge in [-0.15, -0.1) is 12.4 Å². The van der Waals surface area contributed by atoms with Crippen LogP contribution in [0.5, 0.6) is 0 Å². The van der Waals surface area contributed by atoms with Gasteiger partial charge in [0.25, 0.3) is 0 Å². The molecular formula is C11H18ClNO. The molecule has 1 atom stereocenters. The van der Waals surface area contributed by atoms with E-state index in [1.54, 1.807) is 0 Å². The standard InChI is InChI=1S/C11H17NO.ClH/c1-3-12-9-11(2,13)10-7-5-4-6-8-10;/h4-8,12-13H,3,9H2,1-2H3;1H/t11-;/m0./s1. The van der Waals surface area contributed by atoms with Gasteiger partial charge < -0.3 is 10.4 Å². The van der Waals surface area contributed by atoms with Crippen LogP contribution in [0.3, 0.4) is 0 Å². The van der Waals surface area contributed by atoms with Gasteiger partial charge in [0.15, 0.2) is 0 Å². The Labute approximate surface area is 91.8 Å². The van der Waals surface area contributed by atoms with Gasteiger partial charge in [-0.3, -0.25) is 0 Å². The molecule has 0 unspecified atom stereocenters. The van der Waals surface area contributed by atoms with Gasteiger partial charge >= 0.3 is 0 Å². The second-order valence-corrected chi connectivity index (χ2v) is 3.42. The minimum atomic E-state index is -0.767. The van der Waals surface area contributed by atoms with Crippen molar-refractivity contribution in [1.29, 1.82) is 0 Å². The molecule has 2 nitrogen and oxygen atoms in total. The van der Waals surface area contributed by atoms with Crippen LogP contribution in [0.15, 0.2) is 30.3 Å². The van der Waals surface area contributed by atoms with E-state index >= 15 is 0 Å². The molecule has 0 heterocycles. The molecule has 0 saturated heterocycles. The van der Waals surface area contributed by atoms with E-state index < -0.39 is 5.60 Å². The summed E-state index contributed by atoms with van der Waals surface area (Å²) in [5.74, 6) is 0. The van der Waals surface area contributed by atoms with Crippen molar-refractivity contribution < 1.29 is 5.11 Å². The molecule has 0 radical (unpaired) electrons. The normalized spacial score (nSPS) is 14.2. The maximum Gasteiger partial charge on any atom is 0.0992 e. The van der Waals surface area contributed by atoms with Crippen LogP contribution in [0.1, 0.15) is 19.4 Å². The number of likely N-dealkylation sites (N-methyl/N-ethyl adjacent to an activating group) is 1. The molecule has 0 aliphatic carbocycles. The van der Waals surface area contributed by atoms with Gasteiger partial charge in [-0.05, 0) is 19.0 Å². The molecule has 0 aliphatic heterocycles. The summed E-state index contributed by atoms with van der Waals surface area (Å²) in [5, 5.41) is 13.2. The van der Waals surface area contributed by atoms with Crippen LogP contribution < -0.4 is 5.32 Å². The lowest BCUT2D eigenvalue weighted by Gasteiger charge is -2.23. The van der Waals surface area contributed by atoms with Gasteiger partial charge in [-0.2, -0.15) is 0 Å². The molecule has 1 rings (SSSR count). The van der Waals surface area contributed by atoms with E-state index in [9.17, 15) is 5.11 Å². The van der Waals surface area contributed by atoms with Crippen LogP contribution in [0.2, 0.25) is 0 Å². The summed E-state index contributed by atoms with van der Waals surface area (Å²) in [6.45, 7) is 5.32. The van der Waals surface area contributed by atoms with Crippen LogP contribution >= 0.6 is 12.4 Å². The Hall–Kier alpha value is -0.570. The molecule has 2 N–H and O–H groups in total. The summed E-state index contributed by atoms with van der Waals surface area (Å²) in [7, 11) is 0. The topological polar surface area (TPSA) is 32.3 Å². The molecule has 0 bridgehead atoms. The fourth-order valence-electron chi connectivity index (χ4n) is 1.27. The highest BCUT2D eigenvalue weighted by atomic mass is 35.5. The van der Waals surface area contributed by atoms with Gasteiger partial charge in [0.2, 0.25) is 0 Å². The van der Waals surface area contributed by atoms with Crippen molar-refractivity contribution in [3.05, 3.63) is 35.9 Å². The first-order chi connectivity index (χ1) is 6.17. The van der Waals surface area contributed by atoms with E-state index in [1.807, 2.05) is 44.2 Å². The molecule has 3 heteroatoms. The van der Waals surface area contributed by atoms with Gasteiger partial charge in [-0.25, -0.2) is 0 Å². The molecule has 1 aromatic carbocycles. The third kappa shape index (κ3) is 3.66. The predicted octanol–water partition coefficient (Wildman–Crippen LogP) is 1.93. The third-order valence-electron chi connectivity index (χ3n) is 2.11. The molecule has 0 saturated carbocycles. The molecule has 80 valence electrons. The van der Waals surface area contributed by atoms with E-state index in [0.29, 0.717) is 6.54 Å². The second kappa shape index (κ2) is 6.02. The average Bonchev–Trinajstić information content (AvgIpc) is 2.16. The average molecular weight is 216 g/mol. The van der Waals surface area contributed by atoms with E-state index in [2.05, 4.69) is 5.32 Å². The maximum atomic E-state index is 10.1. The highest BCUT2D eigenvalue weighted by Crippen LogP contribution is 2.18. The number of halogens is 1. The molecular weight excluding hydrogens is 198 g/mol. The first kappa shape index (κ1) is 13.4. The Morgan fingerprint density at radius 1 is 1.29 bits per heavy atom. The zero-order valence-electron chi connectivity index (χ0n) is 8.66. The second-order valence-electron chi connectivity index (χ2n) is 3.42. The molecule has 0 aromatic heterocycles. The summed E-state index contributed by atoms with van der Waals surface area (Å²) in [5.41, 5.74) is 0.188. The van der Waals surface area contributed by atoms with Crippen LogP contribution in [-0.2, 0) is 5.60 Å². The summed E-state index contributed by atoms with van der Waals surface area (Å²) in [6, 6.07) is 9.72. The Balaban J connectivity index is 0.00000169. The Morgan fingerprint density at radius 3 is 2.36 bits per heavy atom. The van der Waals surface area contributed by atoms with Crippen molar-refractivity contribution in [3.8, 4) is 0 Å².